The fraction of sp³-hybridized carbons (Fsp3) is 0.381. The molecule has 0 bridgehead atoms. The number of hydrogen-bond acceptors (Lipinski definition) is 2. The molecule has 25 heavy (non-hydrogen) atoms. The lowest BCUT2D eigenvalue weighted by Crippen LogP contribution is -2.31. The number of benzene rings is 2. The van der Waals surface area contributed by atoms with E-state index in [4.69, 9.17) is 4.74 Å². The molecule has 0 unspecified atom stereocenters. The van der Waals surface area contributed by atoms with Gasteiger partial charge in [-0.15, -0.1) is 0 Å². The topological polar surface area (TPSA) is 38.3 Å². The molecule has 0 aliphatic heterocycles. The third-order valence-corrected chi connectivity index (χ3v) is 5.64. The van der Waals surface area contributed by atoms with Crippen LogP contribution in [0.15, 0.2) is 40.9 Å². The number of nitrogens with one attached hydrogen (secondary N) is 1. The molecule has 4 heteroatoms. The number of ether oxygens (including phenoxy) is 1. The van der Waals surface area contributed by atoms with Crippen molar-refractivity contribution in [3.63, 3.8) is 0 Å². The van der Waals surface area contributed by atoms with Gasteiger partial charge in [0, 0.05) is 4.47 Å². The van der Waals surface area contributed by atoms with Crippen molar-refractivity contribution in [2.45, 2.75) is 45.6 Å². The average Bonchev–Trinajstić information content (AvgIpc) is 2.62. The van der Waals surface area contributed by atoms with Gasteiger partial charge < -0.3 is 10.1 Å². The molecule has 0 aromatic heterocycles. The van der Waals surface area contributed by atoms with Crippen LogP contribution in [0.5, 0.6) is 5.75 Å². The predicted molar refractivity (Wildman–Crippen MR) is 104 cm³/mol. The third kappa shape index (κ3) is 4.63. The van der Waals surface area contributed by atoms with E-state index in [0.29, 0.717) is 5.75 Å². The summed E-state index contributed by atoms with van der Waals surface area (Å²) in [6, 6.07) is 12.3. The van der Waals surface area contributed by atoms with E-state index in [2.05, 4.69) is 39.4 Å². The Morgan fingerprint density at radius 2 is 1.92 bits per heavy atom. The molecule has 1 N–H and O–H groups in total. The van der Waals surface area contributed by atoms with Crippen LogP contribution >= 0.6 is 15.9 Å². The van der Waals surface area contributed by atoms with E-state index in [1.54, 1.807) is 0 Å². The van der Waals surface area contributed by atoms with Crippen LogP contribution in [0, 0.1) is 6.92 Å². The second kappa shape index (κ2) is 8.05. The lowest BCUT2D eigenvalue weighted by molar-refractivity contribution is -0.123. The number of rotatable bonds is 5. The van der Waals surface area contributed by atoms with Crippen molar-refractivity contribution in [1.29, 1.82) is 0 Å². The number of aryl methyl sites for hydroxylation is 3. The van der Waals surface area contributed by atoms with Gasteiger partial charge in [-0.2, -0.15) is 0 Å². The van der Waals surface area contributed by atoms with Gasteiger partial charge in [0.05, 0.1) is 6.04 Å². The molecule has 0 saturated carbocycles. The maximum Gasteiger partial charge on any atom is 0.258 e. The summed E-state index contributed by atoms with van der Waals surface area (Å²) in [4.78, 5) is 12.2. The fourth-order valence-corrected chi connectivity index (χ4v) is 3.49. The highest BCUT2D eigenvalue weighted by atomic mass is 79.9. The van der Waals surface area contributed by atoms with E-state index in [0.717, 1.165) is 22.0 Å². The second-order valence-electron chi connectivity index (χ2n) is 6.72. The molecule has 3 nitrogen and oxygen atoms in total. The Labute approximate surface area is 157 Å². The van der Waals surface area contributed by atoms with Gasteiger partial charge in [-0.25, -0.2) is 0 Å². The smallest absolute Gasteiger partial charge is 0.258 e. The van der Waals surface area contributed by atoms with Crippen molar-refractivity contribution in [3.8, 4) is 5.75 Å². The number of amides is 1. The van der Waals surface area contributed by atoms with Crippen LogP contribution in [-0.4, -0.2) is 12.5 Å². The van der Waals surface area contributed by atoms with E-state index in [1.165, 1.54) is 30.4 Å². The lowest BCUT2D eigenvalue weighted by atomic mass is 9.89. The highest BCUT2D eigenvalue weighted by molar-refractivity contribution is 9.10. The SMILES string of the molecule is Cc1cc(OCC(=O)N[C@H](C)c2ccc3c(c2)CCCC3)ccc1Br. The van der Waals surface area contributed by atoms with Crippen molar-refractivity contribution in [1.82, 2.24) is 5.32 Å². The van der Waals surface area contributed by atoms with Gasteiger partial charge in [-0.1, -0.05) is 34.1 Å². The van der Waals surface area contributed by atoms with Crippen LogP contribution in [0.1, 0.15) is 48.1 Å². The Morgan fingerprint density at radius 3 is 2.68 bits per heavy atom. The van der Waals surface area contributed by atoms with Crippen LogP contribution in [-0.2, 0) is 17.6 Å². The zero-order valence-corrected chi connectivity index (χ0v) is 16.4. The first kappa shape index (κ1) is 18.0. The Bertz CT molecular complexity index is 772. The van der Waals surface area contributed by atoms with E-state index >= 15 is 0 Å². The Morgan fingerprint density at radius 1 is 1.16 bits per heavy atom. The molecule has 0 saturated heterocycles. The van der Waals surface area contributed by atoms with E-state index < -0.39 is 0 Å². The van der Waals surface area contributed by atoms with E-state index in [9.17, 15) is 4.79 Å². The molecule has 1 atom stereocenters. The molecule has 0 fully saturated rings. The summed E-state index contributed by atoms with van der Waals surface area (Å²) in [7, 11) is 0. The minimum absolute atomic E-state index is 0.0185. The van der Waals surface area contributed by atoms with Gasteiger partial charge in [-0.3, -0.25) is 4.79 Å². The van der Waals surface area contributed by atoms with Crippen LogP contribution < -0.4 is 10.1 Å². The molecule has 1 aliphatic carbocycles. The minimum Gasteiger partial charge on any atom is -0.484 e. The summed E-state index contributed by atoms with van der Waals surface area (Å²) in [5, 5.41) is 3.03. The van der Waals surface area contributed by atoms with Crippen molar-refractivity contribution < 1.29 is 9.53 Å². The Hall–Kier alpha value is -1.81. The first-order valence-corrected chi connectivity index (χ1v) is 9.62. The van der Waals surface area contributed by atoms with Crippen LogP contribution in [0.4, 0.5) is 0 Å². The fourth-order valence-electron chi connectivity index (χ4n) is 3.25. The molecule has 0 spiro atoms. The summed E-state index contributed by atoms with van der Waals surface area (Å²) >= 11 is 3.46. The number of fused-ring (bicyclic) bond motifs is 1. The number of carbonyl (C=O) groups excluding carboxylic acids is 1. The third-order valence-electron chi connectivity index (χ3n) is 4.75. The van der Waals surface area contributed by atoms with Crippen LogP contribution in [0.2, 0.25) is 0 Å². The summed E-state index contributed by atoms with van der Waals surface area (Å²) < 4.78 is 6.63. The molecule has 1 aliphatic rings. The standard InChI is InChI=1S/C21H24BrNO2/c1-14-11-19(9-10-20(14)22)25-13-21(24)23-15(2)17-8-7-16-5-3-4-6-18(16)12-17/h7-12,15H,3-6,13H2,1-2H3,(H,23,24)/t15-/m1/s1. The number of halogens is 1. The largest absolute Gasteiger partial charge is 0.484 e. The van der Waals surface area contributed by atoms with Gasteiger partial charge in [-0.05, 0) is 80.0 Å². The molecule has 2 aromatic carbocycles. The van der Waals surface area contributed by atoms with Gasteiger partial charge in [0.25, 0.3) is 5.91 Å². The van der Waals surface area contributed by atoms with E-state index in [-0.39, 0.29) is 18.6 Å². The van der Waals surface area contributed by atoms with Crippen molar-refractivity contribution in [2.24, 2.45) is 0 Å². The van der Waals surface area contributed by atoms with Crippen molar-refractivity contribution in [3.05, 3.63) is 63.1 Å². The zero-order chi connectivity index (χ0) is 17.8. The Balaban J connectivity index is 1.56. The van der Waals surface area contributed by atoms with Gasteiger partial charge in [0.2, 0.25) is 0 Å². The predicted octanol–water partition coefficient (Wildman–Crippen LogP) is 4.89. The van der Waals surface area contributed by atoms with E-state index in [1.807, 2.05) is 32.0 Å². The van der Waals surface area contributed by atoms with Gasteiger partial charge in [0.1, 0.15) is 5.75 Å². The maximum atomic E-state index is 12.2. The molecule has 2 aromatic rings. The molecule has 0 radical (unpaired) electrons. The monoisotopic (exact) mass is 401 g/mol. The molecule has 3 rings (SSSR count). The van der Waals surface area contributed by atoms with Crippen LogP contribution in [0.3, 0.4) is 0 Å². The molecular formula is C21H24BrNO2. The second-order valence-corrected chi connectivity index (χ2v) is 7.58. The highest BCUT2D eigenvalue weighted by Crippen LogP contribution is 2.25. The Kier molecular flexibility index (Phi) is 5.79. The first-order chi connectivity index (χ1) is 12.0. The first-order valence-electron chi connectivity index (χ1n) is 8.83. The number of hydrogen-bond donors (Lipinski definition) is 1. The summed E-state index contributed by atoms with van der Waals surface area (Å²) in [6.45, 7) is 4.04. The van der Waals surface area contributed by atoms with Crippen molar-refractivity contribution in [2.75, 3.05) is 6.61 Å². The zero-order valence-electron chi connectivity index (χ0n) is 14.8. The maximum absolute atomic E-state index is 12.2. The average molecular weight is 402 g/mol. The lowest BCUT2D eigenvalue weighted by Gasteiger charge is -2.20. The van der Waals surface area contributed by atoms with Gasteiger partial charge in [0.15, 0.2) is 6.61 Å². The van der Waals surface area contributed by atoms with Crippen molar-refractivity contribution >= 4 is 21.8 Å². The molecule has 0 heterocycles. The molecule has 1 amide bonds. The quantitative estimate of drug-likeness (QED) is 0.773. The normalized spacial score (nSPS) is 14.5. The summed E-state index contributed by atoms with van der Waals surface area (Å²) in [5.74, 6) is 0.600. The summed E-state index contributed by atoms with van der Waals surface area (Å²) in [5.41, 5.74) is 5.14. The van der Waals surface area contributed by atoms with Gasteiger partial charge >= 0.3 is 0 Å². The summed E-state index contributed by atoms with van der Waals surface area (Å²) in [6.07, 6.45) is 4.87. The van der Waals surface area contributed by atoms with Crippen LogP contribution in [0.25, 0.3) is 0 Å². The molecular weight excluding hydrogens is 378 g/mol. The highest BCUT2D eigenvalue weighted by Gasteiger charge is 2.14. The minimum atomic E-state index is -0.106. The number of carbonyl (C=O) groups is 1. The molecule has 132 valence electrons.